The molecule has 19 heavy (non-hydrogen) atoms. The molecule has 1 aliphatic heterocycles. The molecule has 1 fully saturated rings. The maximum absolute atomic E-state index is 12.7. The van der Waals surface area contributed by atoms with Crippen molar-refractivity contribution in [2.24, 2.45) is 11.7 Å². The lowest BCUT2D eigenvalue weighted by Crippen LogP contribution is -2.44. The van der Waals surface area contributed by atoms with E-state index in [-0.39, 0.29) is 12.0 Å². The summed E-state index contributed by atoms with van der Waals surface area (Å²) in [7, 11) is -3.35. The maximum Gasteiger partial charge on any atom is 0.244 e. The van der Waals surface area contributed by atoms with Gasteiger partial charge in [-0.3, -0.25) is 0 Å². The van der Waals surface area contributed by atoms with Crippen LogP contribution in [0.5, 0.6) is 0 Å². The highest BCUT2D eigenvalue weighted by Gasteiger charge is 2.32. The third-order valence-electron chi connectivity index (χ3n) is 3.78. The summed E-state index contributed by atoms with van der Waals surface area (Å²) in [6.45, 7) is 6.93. The summed E-state index contributed by atoms with van der Waals surface area (Å²) in [6, 6.07) is 1.83. The number of sulfonamides is 1. The van der Waals surface area contributed by atoms with E-state index in [1.807, 2.05) is 20.8 Å². The molecular formula is C13H22N2O2S2. The van der Waals surface area contributed by atoms with Gasteiger partial charge in [0.25, 0.3) is 0 Å². The Bertz CT molecular complexity index is 549. The van der Waals surface area contributed by atoms with E-state index >= 15 is 0 Å². The van der Waals surface area contributed by atoms with Gasteiger partial charge in [0.1, 0.15) is 0 Å². The summed E-state index contributed by atoms with van der Waals surface area (Å²) < 4.78 is 27.0. The number of hydrogen-bond donors (Lipinski definition) is 1. The van der Waals surface area contributed by atoms with E-state index < -0.39 is 10.0 Å². The van der Waals surface area contributed by atoms with E-state index in [1.54, 1.807) is 10.4 Å². The molecule has 2 heterocycles. The molecule has 0 unspecified atom stereocenters. The maximum atomic E-state index is 12.7. The van der Waals surface area contributed by atoms with Gasteiger partial charge in [0.2, 0.25) is 10.0 Å². The normalized spacial score (nSPS) is 23.5. The lowest BCUT2D eigenvalue weighted by Gasteiger charge is -2.33. The molecule has 6 heteroatoms. The molecule has 1 aromatic rings. The SMILES string of the molecule is Cc1cc(S(=O)(=O)N2CCC[C@H]([C@@H](C)N)C2)c(C)s1. The number of nitrogens with zero attached hydrogens (tertiary/aromatic N) is 1. The number of thiophene rings is 1. The van der Waals surface area contributed by atoms with Gasteiger partial charge in [0.05, 0.1) is 4.90 Å². The number of rotatable bonds is 3. The quantitative estimate of drug-likeness (QED) is 0.930. The van der Waals surface area contributed by atoms with E-state index in [9.17, 15) is 8.42 Å². The van der Waals surface area contributed by atoms with Crippen LogP contribution in [0, 0.1) is 19.8 Å². The molecule has 108 valence electrons. The Labute approximate surface area is 119 Å². The van der Waals surface area contributed by atoms with E-state index in [0.29, 0.717) is 18.0 Å². The molecule has 0 aromatic carbocycles. The van der Waals surface area contributed by atoms with Crippen molar-refractivity contribution in [3.05, 3.63) is 15.8 Å². The smallest absolute Gasteiger partial charge is 0.244 e. The first-order valence-corrected chi connectivity index (χ1v) is 8.91. The van der Waals surface area contributed by atoms with Gasteiger partial charge >= 0.3 is 0 Å². The second-order valence-corrected chi connectivity index (χ2v) is 8.77. The molecule has 0 aliphatic carbocycles. The van der Waals surface area contributed by atoms with E-state index in [1.165, 1.54) is 11.3 Å². The largest absolute Gasteiger partial charge is 0.328 e. The Kier molecular flexibility index (Phi) is 4.35. The van der Waals surface area contributed by atoms with Gasteiger partial charge in [-0.15, -0.1) is 11.3 Å². The van der Waals surface area contributed by atoms with Gasteiger partial charge in [-0.05, 0) is 45.6 Å². The Morgan fingerprint density at radius 2 is 2.16 bits per heavy atom. The summed E-state index contributed by atoms with van der Waals surface area (Å²) in [6.07, 6.45) is 1.92. The van der Waals surface area contributed by atoms with Crippen molar-refractivity contribution in [2.45, 2.75) is 44.6 Å². The summed E-state index contributed by atoms with van der Waals surface area (Å²) >= 11 is 1.54. The minimum atomic E-state index is -3.35. The zero-order valence-corrected chi connectivity index (χ0v) is 13.4. The summed E-state index contributed by atoms with van der Waals surface area (Å²) in [5, 5.41) is 0. The molecule has 1 saturated heterocycles. The van der Waals surface area contributed by atoms with Crippen molar-refractivity contribution < 1.29 is 8.42 Å². The summed E-state index contributed by atoms with van der Waals surface area (Å²) in [5.41, 5.74) is 5.93. The van der Waals surface area contributed by atoms with Crippen molar-refractivity contribution in [1.82, 2.24) is 4.31 Å². The van der Waals surface area contributed by atoms with Crippen LogP contribution in [0.15, 0.2) is 11.0 Å². The van der Waals surface area contributed by atoms with Crippen LogP contribution in [-0.4, -0.2) is 31.9 Å². The summed E-state index contributed by atoms with van der Waals surface area (Å²) in [5.74, 6) is 0.267. The number of hydrogen-bond acceptors (Lipinski definition) is 4. The Balaban J connectivity index is 2.27. The van der Waals surface area contributed by atoms with Crippen molar-refractivity contribution in [3.63, 3.8) is 0 Å². The van der Waals surface area contributed by atoms with Gasteiger partial charge in [-0.1, -0.05) is 0 Å². The van der Waals surface area contributed by atoms with Crippen LogP contribution in [0.1, 0.15) is 29.5 Å². The van der Waals surface area contributed by atoms with E-state index in [4.69, 9.17) is 5.73 Å². The summed E-state index contributed by atoms with van der Waals surface area (Å²) in [4.78, 5) is 2.39. The minimum Gasteiger partial charge on any atom is -0.328 e. The average Bonchev–Trinajstić information content (AvgIpc) is 2.69. The van der Waals surface area contributed by atoms with Crippen LogP contribution >= 0.6 is 11.3 Å². The Morgan fingerprint density at radius 3 is 2.68 bits per heavy atom. The predicted molar refractivity (Wildman–Crippen MR) is 78.9 cm³/mol. The molecule has 0 bridgehead atoms. The van der Waals surface area contributed by atoms with Crippen LogP contribution in [0.4, 0.5) is 0 Å². The van der Waals surface area contributed by atoms with Crippen LogP contribution in [0.2, 0.25) is 0 Å². The third kappa shape index (κ3) is 3.02. The molecule has 2 rings (SSSR count). The van der Waals surface area contributed by atoms with Crippen molar-refractivity contribution in [3.8, 4) is 0 Å². The molecule has 0 radical (unpaired) electrons. The van der Waals surface area contributed by atoms with Gasteiger partial charge < -0.3 is 5.73 Å². The first-order valence-electron chi connectivity index (χ1n) is 6.65. The lowest BCUT2D eigenvalue weighted by molar-refractivity contribution is 0.243. The van der Waals surface area contributed by atoms with Gasteiger partial charge in [0, 0.05) is 28.9 Å². The van der Waals surface area contributed by atoms with Crippen molar-refractivity contribution in [2.75, 3.05) is 13.1 Å². The van der Waals surface area contributed by atoms with Crippen LogP contribution in [0.25, 0.3) is 0 Å². The number of piperidine rings is 1. The Hall–Kier alpha value is -0.430. The van der Waals surface area contributed by atoms with Gasteiger partial charge in [-0.25, -0.2) is 8.42 Å². The first-order chi connectivity index (χ1) is 8.82. The predicted octanol–water partition coefficient (Wildman–Crippen LogP) is 2.11. The zero-order valence-electron chi connectivity index (χ0n) is 11.7. The van der Waals surface area contributed by atoms with Gasteiger partial charge in [-0.2, -0.15) is 4.31 Å². The number of aryl methyl sites for hydroxylation is 2. The molecule has 0 spiro atoms. The highest BCUT2D eigenvalue weighted by Crippen LogP contribution is 2.30. The Morgan fingerprint density at radius 1 is 1.47 bits per heavy atom. The molecular weight excluding hydrogens is 280 g/mol. The minimum absolute atomic E-state index is 0.0447. The molecule has 1 aliphatic rings. The molecule has 0 amide bonds. The van der Waals surface area contributed by atoms with E-state index in [0.717, 1.165) is 22.6 Å². The number of nitrogens with two attached hydrogens (primary N) is 1. The van der Waals surface area contributed by atoms with Crippen LogP contribution in [0.3, 0.4) is 0 Å². The first kappa shape index (κ1) is 15.0. The molecule has 2 atom stereocenters. The fraction of sp³-hybridized carbons (Fsp3) is 0.692. The monoisotopic (exact) mass is 302 g/mol. The fourth-order valence-electron chi connectivity index (χ4n) is 2.62. The zero-order chi connectivity index (χ0) is 14.2. The second kappa shape index (κ2) is 5.52. The lowest BCUT2D eigenvalue weighted by atomic mass is 9.93. The molecule has 4 nitrogen and oxygen atoms in total. The second-order valence-electron chi connectivity index (χ2n) is 5.40. The molecule has 1 aromatic heterocycles. The fourth-order valence-corrected chi connectivity index (χ4v) is 5.68. The average molecular weight is 302 g/mol. The van der Waals surface area contributed by atoms with Crippen LogP contribution in [-0.2, 0) is 10.0 Å². The van der Waals surface area contributed by atoms with Crippen molar-refractivity contribution >= 4 is 21.4 Å². The third-order valence-corrected chi connectivity index (χ3v) is 6.86. The van der Waals surface area contributed by atoms with Crippen LogP contribution < -0.4 is 5.73 Å². The molecule has 2 N–H and O–H groups in total. The topological polar surface area (TPSA) is 63.4 Å². The highest BCUT2D eigenvalue weighted by atomic mass is 32.2. The van der Waals surface area contributed by atoms with Gasteiger partial charge in [0.15, 0.2) is 0 Å². The molecule has 0 saturated carbocycles. The highest BCUT2D eigenvalue weighted by molar-refractivity contribution is 7.89. The standard InChI is InChI=1S/C13H22N2O2S2/c1-9-7-13(11(3)18-9)19(16,17)15-6-4-5-12(8-15)10(2)14/h7,10,12H,4-6,8,14H2,1-3H3/t10-,12+/m1/s1. The van der Waals surface area contributed by atoms with E-state index in [2.05, 4.69) is 0 Å². The van der Waals surface area contributed by atoms with Crippen molar-refractivity contribution in [1.29, 1.82) is 0 Å².